The van der Waals surface area contributed by atoms with Crippen LogP contribution in [0.4, 0.5) is 0 Å². The average molecular weight is 275 g/mol. The molecule has 2 N–H and O–H groups in total. The lowest BCUT2D eigenvalue weighted by molar-refractivity contribution is 0.0518. The zero-order valence-electron chi connectivity index (χ0n) is 12.0. The molecule has 2 aromatic rings. The summed E-state index contributed by atoms with van der Waals surface area (Å²) in [4.78, 5) is 4.47. The molecule has 0 saturated carbocycles. The summed E-state index contributed by atoms with van der Waals surface area (Å²) in [5.41, 5.74) is 7.70. The van der Waals surface area contributed by atoms with Crippen LogP contribution in [0.25, 0.3) is 11.5 Å². The fraction of sp³-hybridized carbons (Fsp3) is 0.467. The molecule has 0 spiro atoms. The number of ether oxygens (including phenoxy) is 1. The van der Waals surface area contributed by atoms with Gasteiger partial charge in [0.2, 0.25) is 5.82 Å². The molecule has 20 heavy (non-hydrogen) atoms. The smallest absolute Gasteiger partial charge is 0.258 e. The summed E-state index contributed by atoms with van der Waals surface area (Å²) in [6, 6.07) is 7.95. The number of hydrogen-bond donors (Lipinski definition) is 1. The van der Waals surface area contributed by atoms with E-state index in [1.807, 2.05) is 38.1 Å². The van der Waals surface area contributed by atoms with Crippen LogP contribution in [0.1, 0.15) is 37.8 Å². The molecule has 1 aromatic carbocycles. The molecule has 108 valence electrons. The van der Waals surface area contributed by atoms with Crippen molar-refractivity contribution in [3.05, 3.63) is 35.7 Å². The summed E-state index contributed by atoms with van der Waals surface area (Å²) in [5, 5.41) is 4.04. The van der Waals surface area contributed by atoms with Crippen LogP contribution in [0.2, 0.25) is 0 Å². The monoisotopic (exact) mass is 275 g/mol. The van der Waals surface area contributed by atoms with E-state index in [4.69, 9.17) is 15.0 Å². The molecule has 1 aromatic heterocycles. The normalized spacial score (nSPS) is 12.6. The molecule has 0 aliphatic heterocycles. The molecule has 0 aliphatic carbocycles. The van der Waals surface area contributed by atoms with Crippen molar-refractivity contribution in [3.63, 3.8) is 0 Å². The van der Waals surface area contributed by atoms with Crippen molar-refractivity contribution in [3.8, 4) is 11.5 Å². The van der Waals surface area contributed by atoms with E-state index in [0.29, 0.717) is 24.9 Å². The van der Waals surface area contributed by atoms with Gasteiger partial charge in [0, 0.05) is 12.2 Å². The molecule has 0 saturated heterocycles. The first-order chi connectivity index (χ1) is 9.80. The highest BCUT2D eigenvalue weighted by molar-refractivity contribution is 5.58. The van der Waals surface area contributed by atoms with Gasteiger partial charge in [-0.3, -0.25) is 0 Å². The summed E-state index contributed by atoms with van der Waals surface area (Å²) < 4.78 is 11.0. The molecule has 0 aliphatic rings. The van der Waals surface area contributed by atoms with Crippen molar-refractivity contribution in [2.45, 2.75) is 32.8 Å². The van der Waals surface area contributed by atoms with Crippen LogP contribution in [0, 0.1) is 0 Å². The largest absolute Gasteiger partial charge is 0.370 e. The summed E-state index contributed by atoms with van der Waals surface area (Å²) in [6.45, 7) is 5.22. The highest BCUT2D eigenvalue weighted by Gasteiger charge is 2.18. The Morgan fingerprint density at radius 3 is 2.80 bits per heavy atom. The fourth-order valence-electron chi connectivity index (χ4n) is 2.15. The lowest BCUT2D eigenvalue weighted by Crippen LogP contribution is -2.05. The number of nitrogens with two attached hydrogens (primary N) is 1. The van der Waals surface area contributed by atoms with Crippen LogP contribution < -0.4 is 5.73 Å². The van der Waals surface area contributed by atoms with Crippen molar-refractivity contribution < 1.29 is 9.26 Å². The molecule has 0 fully saturated rings. The Morgan fingerprint density at radius 2 is 2.10 bits per heavy atom. The van der Waals surface area contributed by atoms with Gasteiger partial charge in [-0.2, -0.15) is 4.98 Å². The van der Waals surface area contributed by atoms with Gasteiger partial charge in [0.05, 0.1) is 0 Å². The minimum Gasteiger partial charge on any atom is -0.370 e. The quantitative estimate of drug-likeness (QED) is 0.841. The van der Waals surface area contributed by atoms with Crippen molar-refractivity contribution in [2.75, 3.05) is 13.2 Å². The van der Waals surface area contributed by atoms with E-state index < -0.39 is 0 Å². The number of benzene rings is 1. The number of rotatable bonds is 7. The Balaban J connectivity index is 2.28. The number of nitrogens with zero attached hydrogens (tertiary/aromatic N) is 2. The third kappa shape index (κ3) is 3.23. The van der Waals surface area contributed by atoms with Gasteiger partial charge in [0.25, 0.3) is 5.89 Å². The Morgan fingerprint density at radius 1 is 1.30 bits per heavy atom. The molecule has 5 heteroatoms. The van der Waals surface area contributed by atoms with Gasteiger partial charge in [-0.25, -0.2) is 0 Å². The van der Waals surface area contributed by atoms with Crippen LogP contribution in [0.3, 0.4) is 0 Å². The van der Waals surface area contributed by atoms with Crippen LogP contribution in [-0.4, -0.2) is 23.3 Å². The number of aromatic nitrogens is 2. The predicted molar refractivity (Wildman–Crippen MR) is 77.2 cm³/mol. The summed E-state index contributed by atoms with van der Waals surface area (Å²) in [5.74, 6) is 1.13. The summed E-state index contributed by atoms with van der Waals surface area (Å²) in [7, 11) is 0. The van der Waals surface area contributed by atoms with Crippen LogP contribution in [0.5, 0.6) is 0 Å². The molecule has 0 amide bonds. The highest BCUT2D eigenvalue weighted by atomic mass is 16.5. The number of hydrogen-bond acceptors (Lipinski definition) is 5. The molecular weight excluding hydrogens is 254 g/mol. The van der Waals surface area contributed by atoms with Gasteiger partial charge in [0.1, 0.15) is 6.10 Å². The molecule has 0 bridgehead atoms. The fourth-order valence-corrected chi connectivity index (χ4v) is 2.15. The van der Waals surface area contributed by atoms with Crippen LogP contribution in [0.15, 0.2) is 28.8 Å². The Hall–Kier alpha value is -1.72. The predicted octanol–water partition coefficient (Wildman–Crippen LogP) is 2.73. The molecular formula is C15H21N3O2. The van der Waals surface area contributed by atoms with E-state index >= 15 is 0 Å². The van der Waals surface area contributed by atoms with Crippen molar-refractivity contribution in [2.24, 2.45) is 5.73 Å². The Kier molecular flexibility index (Phi) is 5.26. The average Bonchev–Trinajstić information content (AvgIpc) is 2.95. The first-order valence-electron chi connectivity index (χ1n) is 7.03. The van der Waals surface area contributed by atoms with Crippen LogP contribution in [-0.2, 0) is 11.2 Å². The molecule has 1 unspecified atom stereocenters. The molecule has 2 rings (SSSR count). The van der Waals surface area contributed by atoms with E-state index in [0.717, 1.165) is 24.0 Å². The van der Waals surface area contributed by atoms with Gasteiger partial charge in [-0.15, -0.1) is 0 Å². The minimum absolute atomic E-state index is 0.112. The maximum Gasteiger partial charge on any atom is 0.258 e. The van der Waals surface area contributed by atoms with Crippen LogP contribution >= 0.6 is 0 Å². The lowest BCUT2D eigenvalue weighted by atomic mass is 10.0. The molecule has 1 atom stereocenters. The van der Waals surface area contributed by atoms with Crippen molar-refractivity contribution >= 4 is 0 Å². The zero-order valence-corrected chi connectivity index (χ0v) is 12.0. The van der Waals surface area contributed by atoms with Gasteiger partial charge in [0.15, 0.2) is 0 Å². The summed E-state index contributed by atoms with van der Waals surface area (Å²) in [6.07, 6.45) is 1.49. The Labute approximate surface area is 119 Å². The van der Waals surface area contributed by atoms with E-state index in [2.05, 4.69) is 10.1 Å². The molecule has 5 nitrogen and oxygen atoms in total. The third-order valence-corrected chi connectivity index (χ3v) is 3.13. The van der Waals surface area contributed by atoms with Crippen molar-refractivity contribution in [1.29, 1.82) is 0 Å². The molecule has 0 radical (unpaired) electrons. The summed E-state index contributed by atoms with van der Waals surface area (Å²) >= 11 is 0. The minimum atomic E-state index is -0.112. The van der Waals surface area contributed by atoms with Crippen molar-refractivity contribution in [1.82, 2.24) is 10.1 Å². The standard InChI is InChI=1S/C15H21N3O2/c1-3-13(19-4-2)14-17-15(20-18-14)12-8-6-5-7-11(12)9-10-16/h5-8,13H,3-4,9-10,16H2,1-2H3. The Bertz CT molecular complexity index is 539. The second-order valence-electron chi connectivity index (χ2n) is 4.51. The lowest BCUT2D eigenvalue weighted by Gasteiger charge is -2.09. The second kappa shape index (κ2) is 7.17. The highest BCUT2D eigenvalue weighted by Crippen LogP contribution is 2.25. The first kappa shape index (κ1) is 14.7. The van der Waals surface area contributed by atoms with E-state index in [9.17, 15) is 0 Å². The SMILES string of the molecule is CCOC(CC)c1noc(-c2ccccc2CCN)n1. The molecule has 1 heterocycles. The van der Waals surface area contributed by atoms with Gasteiger partial charge in [-0.05, 0) is 37.9 Å². The third-order valence-electron chi connectivity index (χ3n) is 3.13. The van der Waals surface area contributed by atoms with Gasteiger partial charge < -0.3 is 15.0 Å². The van der Waals surface area contributed by atoms with E-state index in [-0.39, 0.29) is 6.10 Å². The zero-order chi connectivity index (χ0) is 14.4. The van der Waals surface area contributed by atoms with E-state index in [1.165, 1.54) is 0 Å². The maximum absolute atomic E-state index is 5.64. The van der Waals surface area contributed by atoms with Gasteiger partial charge >= 0.3 is 0 Å². The van der Waals surface area contributed by atoms with Gasteiger partial charge in [-0.1, -0.05) is 30.3 Å². The topological polar surface area (TPSA) is 74.2 Å². The second-order valence-corrected chi connectivity index (χ2v) is 4.51. The maximum atomic E-state index is 5.64. The first-order valence-corrected chi connectivity index (χ1v) is 7.03. The van der Waals surface area contributed by atoms with E-state index in [1.54, 1.807) is 0 Å².